The van der Waals surface area contributed by atoms with Crippen LogP contribution in [0.5, 0.6) is 11.5 Å². The molecule has 0 amide bonds. The first-order valence-electron chi connectivity index (χ1n) is 10.2. The van der Waals surface area contributed by atoms with Crippen molar-refractivity contribution in [1.29, 1.82) is 0 Å². The molecule has 1 heterocycles. The second-order valence-corrected chi connectivity index (χ2v) is 8.85. The van der Waals surface area contributed by atoms with Crippen LogP contribution in [0.4, 0.5) is 0 Å². The number of guanidine groups is 1. The number of aliphatic imine (C=N–C) groups is 1. The molecule has 164 valence electrons. The summed E-state index contributed by atoms with van der Waals surface area (Å²) in [5, 5.41) is 3.44. The molecule has 1 saturated heterocycles. The molecule has 3 N–H and O–H groups in total. The Kier molecular flexibility index (Phi) is 10.2. The van der Waals surface area contributed by atoms with E-state index in [1.165, 1.54) is 56.7 Å². The Balaban J connectivity index is 0.00000300. The topological polar surface area (TPSA) is 72.1 Å². The SMILES string of the molecule is COc1ccc(CN=C(N)NCC2(N3CCSCC3)CCCCC2)cc1OC.I. The predicted molar refractivity (Wildman–Crippen MR) is 133 cm³/mol. The van der Waals surface area contributed by atoms with Crippen LogP contribution >= 0.6 is 35.7 Å². The average Bonchev–Trinajstić information content (AvgIpc) is 2.77. The van der Waals surface area contributed by atoms with Gasteiger partial charge in [0.05, 0.1) is 20.8 Å². The van der Waals surface area contributed by atoms with Gasteiger partial charge in [-0.2, -0.15) is 11.8 Å². The van der Waals surface area contributed by atoms with E-state index in [2.05, 4.69) is 27.0 Å². The number of hydrogen-bond acceptors (Lipinski definition) is 5. The van der Waals surface area contributed by atoms with E-state index in [0.717, 1.165) is 17.9 Å². The number of methoxy groups -OCH3 is 2. The first kappa shape index (κ1) is 24.4. The fraction of sp³-hybridized carbons (Fsp3) is 0.667. The van der Waals surface area contributed by atoms with Gasteiger partial charge in [-0.25, -0.2) is 4.99 Å². The number of nitrogens with one attached hydrogen (secondary N) is 1. The van der Waals surface area contributed by atoms with E-state index < -0.39 is 0 Å². The highest BCUT2D eigenvalue weighted by Gasteiger charge is 2.38. The van der Waals surface area contributed by atoms with Crippen LogP contribution < -0.4 is 20.5 Å². The third-order valence-corrected chi connectivity index (χ3v) is 6.89. The van der Waals surface area contributed by atoms with Gasteiger partial charge in [0.2, 0.25) is 0 Å². The molecule has 0 spiro atoms. The van der Waals surface area contributed by atoms with Gasteiger partial charge in [0.25, 0.3) is 0 Å². The van der Waals surface area contributed by atoms with Crippen LogP contribution in [-0.4, -0.2) is 61.8 Å². The van der Waals surface area contributed by atoms with Crippen molar-refractivity contribution in [2.24, 2.45) is 10.7 Å². The summed E-state index contributed by atoms with van der Waals surface area (Å²) in [6.07, 6.45) is 6.50. The standard InChI is InChI=1S/C21H34N4O2S.HI/c1-26-18-7-6-17(14-19(18)27-2)15-23-20(22)24-16-21(8-4-3-5-9-21)25-10-12-28-13-11-25;/h6-7,14H,3-5,8-13,15-16H2,1-2H3,(H3,22,23,24);1H. The van der Waals surface area contributed by atoms with Crippen LogP contribution in [0.15, 0.2) is 23.2 Å². The summed E-state index contributed by atoms with van der Waals surface area (Å²) in [7, 11) is 3.28. The molecule has 0 aromatic heterocycles. The summed E-state index contributed by atoms with van der Waals surface area (Å²) in [4.78, 5) is 7.26. The molecule has 0 radical (unpaired) electrons. The molecule has 29 heavy (non-hydrogen) atoms. The van der Waals surface area contributed by atoms with Gasteiger partial charge in [-0.1, -0.05) is 25.3 Å². The van der Waals surface area contributed by atoms with E-state index in [-0.39, 0.29) is 29.5 Å². The van der Waals surface area contributed by atoms with Crippen molar-refractivity contribution in [3.63, 3.8) is 0 Å². The normalized spacial score (nSPS) is 19.9. The number of nitrogens with zero attached hydrogens (tertiary/aromatic N) is 2. The average molecular weight is 535 g/mol. The van der Waals surface area contributed by atoms with Gasteiger partial charge in [-0.15, -0.1) is 24.0 Å². The third kappa shape index (κ3) is 6.55. The highest BCUT2D eigenvalue weighted by Crippen LogP contribution is 2.34. The number of thioether (sulfide) groups is 1. The van der Waals surface area contributed by atoms with Crippen molar-refractivity contribution in [3.05, 3.63) is 23.8 Å². The zero-order valence-electron chi connectivity index (χ0n) is 17.6. The minimum atomic E-state index is 0. The lowest BCUT2D eigenvalue weighted by atomic mass is 9.80. The van der Waals surface area contributed by atoms with Gasteiger partial charge >= 0.3 is 0 Å². The van der Waals surface area contributed by atoms with Crippen molar-refractivity contribution in [1.82, 2.24) is 10.2 Å². The Morgan fingerprint density at radius 2 is 1.83 bits per heavy atom. The van der Waals surface area contributed by atoms with E-state index in [4.69, 9.17) is 15.2 Å². The van der Waals surface area contributed by atoms with Crippen LogP contribution in [0, 0.1) is 0 Å². The van der Waals surface area contributed by atoms with Gasteiger partial charge in [0.1, 0.15) is 0 Å². The zero-order chi connectivity index (χ0) is 19.8. The molecule has 1 saturated carbocycles. The molecule has 1 aliphatic heterocycles. The van der Waals surface area contributed by atoms with Crippen molar-refractivity contribution < 1.29 is 9.47 Å². The van der Waals surface area contributed by atoms with Crippen LogP contribution in [-0.2, 0) is 6.54 Å². The number of halogens is 1. The molecule has 0 unspecified atom stereocenters. The second-order valence-electron chi connectivity index (χ2n) is 7.63. The maximum atomic E-state index is 6.21. The maximum absolute atomic E-state index is 6.21. The van der Waals surface area contributed by atoms with E-state index in [0.29, 0.717) is 18.3 Å². The summed E-state index contributed by atoms with van der Waals surface area (Å²) < 4.78 is 10.7. The highest BCUT2D eigenvalue weighted by molar-refractivity contribution is 14.0. The van der Waals surface area contributed by atoms with Gasteiger partial charge < -0.3 is 20.5 Å². The molecule has 8 heteroatoms. The second kappa shape index (κ2) is 12.1. The zero-order valence-corrected chi connectivity index (χ0v) is 20.8. The maximum Gasteiger partial charge on any atom is 0.188 e. The summed E-state index contributed by atoms with van der Waals surface area (Å²) >= 11 is 2.07. The molecule has 1 aliphatic carbocycles. The summed E-state index contributed by atoms with van der Waals surface area (Å²) in [6.45, 7) is 3.79. The Morgan fingerprint density at radius 3 is 2.48 bits per heavy atom. The molecule has 1 aromatic carbocycles. The van der Waals surface area contributed by atoms with E-state index in [1.807, 2.05) is 18.2 Å². The lowest BCUT2D eigenvalue weighted by molar-refractivity contribution is 0.0627. The summed E-state index contributed by atoms with van der Waals surface area (Å²) in [6, 6.07) is 5.84. The molecule has 2 aliphatic rings. The fourth-order valence-electron chi connectivity index (χ4n) is 4.32. The van der Waals surface area contributed by atoms with Crippen LogP contribution in [0.25, 0.3) is 0 Å². The van der Waals surface area contributed by atoms with Gasteiger partial charge in [0, 0.05) is 36.7 Å². The molecule has 1 aromatic rings. The predicted octanol–water partition coefficient (Wildman–Crippen LogP) is 3.48. The van der Waals surface area contributed by atoms with Gasteiger partial charge in [-0.05, 0) is 30.5 Å². The van der Waals surface area contributed by atoms with Crippen LogP contribution in [0.2, 0.25) is 0 Å². The van der Waals surface area contributed by atoms with Crippen molar-refractivity contribution in [3.8, 4) is 11.5 Å². The molecule has 0 atom stereocenters. The molecule has 2 fully saturated rings. The Labute approximate surface area is 196 Å². The third-order valence-electron chi connectivity index (χ3n) is 5.94. The van der Waals surface area contributed by atoms with Gasteiger partial charge in [-0.3, -0.25) is 4.90 Å². The quantitative estimate of drug-likeness (QED) is 0.317. The van der Waals surface area contributed by atoms with Gasteiger partial charge in [0.15, 0.2) is 17.5 Å². The van der Waals surface area contributed by atoms with Crippen molar-refractivity contribution in [2.75, 3.05) is 45.4 Å². The van der Waals surface area contributed by atoms with E-state index in [1.54, 1.807) is 14.2 Å². The van der Waals surface area contributed by atoms with E-state index >= 15 is 0 Å². The molecular weight excluding hydrogens is 499 g/mol. The number of hydrogen-bond donors (Lipinski definition) is 2. The highest BCUT2D eigenvalue weighted by atomic mass is 127. The van der Waals surface area contributed by atoms with E-state index in [9.17, 15) is 0 Å². The summed E-state index contributed by atoms with van der Waals surface area (Å²) in [5.74, 6) is 4.44. The monoisotopic (exact) mass is 534 g/mol. The van der Waals surface area contributed by atoms with Crippen LogP contribution in [0.1, 0.15) is 37.7 Å². The van der Waals surface area contributed by atoms with Crippen molar-refractivity contribution in [2.45, 2.75) is 44.2 Å². The lowest BCUT2D eigenvalue weighted by Crippen LogP contribution is -2.59. The fourth-order valence-corrected chi connectivity index (χ4v) is 5.22. The molecule has 6 nitrogen and oxygen atoms in total. The number of nitrogens with two attached hydrogens (primary N) is 1. The van der Waals surface area contributed by atoms with Crippen molar-refractivity contribution >= 4 is 41.7 Å². The first-order valence-corrected chi connectivity index (χ1v) is 11.4. The van der Waals surface area contributed by atoms with Crippen LogP contribution in [0.3, 0.4) is 0 Å². The molecular formula is C21H35IN4O2S. The minimum Gasteiger partial charge on any atom is -0.493 e. The smallest absolute Gasteiger partial charge is 0.188 e. The Hall–Kier alpha value is -0.870. The Bertz CT molecular complexity index is 662. The number of benzene rings is 1. The number of rotatable bonds is 7. The Morgan fingerprint density at radius 1 is 1.14 bits per heavy atom. The molecule has 0 bridgehead atoms. The minimum absolute atomic E-state index is 0. The molecule has 3 rings (SSSR count). The first-order chi connectivity index (χ1) is 13.7. The largest absolute Gasteiger partial charge is 0.493 e. The number of ether oxygens (including phenoxy) is 2. The summed E-state index contributed by atoms with van der Waals surface area (Å²) in [5.41, 5.74) is 7.50. The lowest BCUT2D eigenvalue weighted by Gasteiger charge is -2.48.